The molecule has 0 unspecified atom stereocenters. The second kappa shape index (κ2) is 3.80. The molecule has 0 saturated carbocycles. The Kier molecular flexibility index (Phi) is 2.26. The summed E-state index contributed by atoms with van der Waals surface area (Å²) in [4.78, 5) is 23.0. The quantitative estimate of drug-likeness (QED) is 0.704. The van der Waals surface area contributed by atoms with Crippen LogP contribution in [-0.4, -0.2) is 19.5 Å². The molecule has 5 heteroatoms. The zero-order valence-corrected chi connectivity index (χ0v) is 10.1. The Hall–Kier alpha value is -2.43. The van der Waals surface area contributed by atoms with Crippen molar-refractivity contribution in [3.63, 3.8) is 0 Å². The molecule has 0 fully saturated rings. The van der Waals surface area contributed by atoms with E-state index in [-0.39, 0.29) is 5.56 Å². The van der Waals surface area contributed by atoms with Crippen LogP contribution in [0.2, 0.25) is 0 Å². The van der Waals surface area contributed by atoms with Crippen LogP contribution in [0.3, 0.4) is 0 Å². The predicted octanol–water partition coefficient (Wildman–Crippen LogP) is 1.73. The lowest BCUT2D eigenvalue weighted by Gasteiger charge is -2.05. The highest BCUT2D eigenvalue weighted by atomic mass is 16.1. The second-order valence-corrected chi connectivity index (χ2v) is 4.17. The number of nitrogens with one attached hydrogen (secondary N) is 1. The minimum atomic E-state index is -0.158. The van der Waals surface area contributed by atoms with Crippen molar-refractivity contribution in [2.45, 2.75) is 13.8 Å². The van der Waals surface area contributed by atoms with E-state index in [0.29, 0.717) is 11.6 Å². The first-order valence-electron chi connectivity index (χ1n) is 5.67. The van der Waals surface area contributed by atoms with Crippen LogP contribution in [0.5, 0.6) is 0 Å². The zero-order valence-electron chi connectivity index (χ0n) is 10.1. The molecule has 1 aromatic carbocycles. The molecule has 0 aliphatic carbocycles. The van der Waals surface area contributed by atoms with Crippen molar-refractivity contribution in [1.82, 2.24) is 19.5 Å². The Morgan fingerprint density at radius 2 is 1.94 bits per heavy atom. The lowest BCUT2D eigenvalue weighted by Crippen LogP contribution is -2.12. The largest absolute Gasteiger partial charge is 0.311 e. The fourth-order valence-corrected chi connectivity index (χ4v) is 2.11. The normalized spacial score (nSPS) is 11.0. The highest BCUT2D eigenvalue weighted by Crippen LogP contribution is 2.18. The second-order valence-electron chi connectivity index (χ2n) is 4.17. The number of nitrogens with zero attached hydrogens (tertiary/aromatic N) is 3. The number of benzene rings is 1. The van der Waals surface area contributed by atoms with Gasteiger partial charge in [-0.25, -0.2) is 9.97 Å². The molecule has 0 atom stereocenters. The predicted molar refractivity (Wildman–Crippen MR) is 69.0 cm³/mol. The number of aromatic nitrogens is 4. The average molecular weight is 240 g/mol. The van der Waals surface area contributed by atoms with E-state index in [0.717, 1.165) is 16.9 Å². The third kappa shape index (κ3) is 1.60. The number of hydrogen-bond donors (Lipinski definition) is 1. The van der Waals surface area contributed by atoms with Gasteiger partial charge in [0.05, 0.1) is 11.0 Å². The van der Waals surface area contributed by atoms with Gasteiger partial charge in [-0.15, -0.1) is 0 Å². The lowest BCUT2D eigenvalue weighted by atomic mass is 10.3. The van der Waals surface area contributed by atoms with Gasteiger partial charge in [0.2, 0.25) is 0 Å². The maximum absolute atomic E-state index is 11.5. The number of aryl methyl sites for hydroxylation is 2. The Bertz CT molecular complexity index is 785. The van der Waals surface area contributed by atoms with Crippen LogP contribution in [0.1, 0.15) is 11.6 Å². The van der Waals surface area contributed by atoms with Gasteiger partial charge in [0.1, 0.15) is 17.5 Å². The van der Waals surface area contributed by atoms with Gasteiger partial charge in [0.15, 0.2) is 0 Å². The van der Waals surface area contributed by atoms with E-state index in [4.69, 9.17) is 0 Å². The van der Waals surface area contributed by atoms with Crippen molar-refractivity contribution in [2.24, 2.45) is 0 Å². The van der Waals surface area contributed by atoms with Crippen LogP contribution in [0, 0.1) is 13.8 Å². The lowest BCUT2D eigenvalue weighted by molar-refractivity contribution is 0.906. The highest BCUT2D eigenvalue weighted by molar-refractivity contribution is 5.77. The van der Waals surface area contributed by atoms with Gasteiger partial charge in [0, 0.05) is 6.07 Å². The first-order chi connectivity index (χ1) is 8.65. The molecule has 5 nitrogen and oxygen atoms in total. The summed E-state index contributed by atoms with van der Waals surface area (Å²) < 4.78 is 1.89. The van der Waals surface area contributed by atoms with Crippen LogP contribution >= 0.6 is 0 Å². The maximum Gasteiger partial charge on any atom is 0.253 e. The SMILES string of the molecule is Cc1nc(-n2c(C)nc3ccccc32)cc(=O)[nH]1. The summed E-state index contributed by atoms with van der Waals surface area (Å²) in [5.74, 6) is 2.01. The van der Waals surface area contributed by atoms with E-state index in [1.165, 1.54) is 6.07 Å². The molecular weight excluding hydrogens is 228 g/mol. The monoisotopic (exact) mass is 240 g/mol. The summed E-state index contributed by atoms with van der Waals surface area (Å²) in [5, 5.41) is 0. The molecule has 0 spiro atoms. The Balaban J connectivity index is 2.37. The Labute approximate surface area is 103 Å². The number of hydrogen-bond acceptors (Lipinski definition) is 3. The van der Waals surface area contributed by atoms with Crippen molar-refractivity contribution in [1.29, 1.82) is 0 Å². The first kappa shape index (κ1) is 10.7. The van der Waals surface area contributed by atoms with Crippen LogP contribution in [0.25, 0.3) is 16.9 Å². The molecule has 1 N–H and O–H groups in total. The Morgan fingerprint density at radius 3 is 2.72 bits per heavy atom. The first-order valence-corrected chi connectivity index (χ1v) is 5.67. The molecule has 0 amide bonds. The minimum absolute atomic E-state index is 0.158. The number of imidazole rings is 1. The van der Waals surface area contributed by atoms with Gasteiger partial charge >= 0.3 is 0 Å². The van der Waals surface area contributed by atoms with E-state index >= 15 is 0 Å². The van der Waals surface area contributed by atoms with Gasteiger partial charge in [-0.3, -0.25) is 9.36 Å². The van der Waals surface area contributed by atoms with Gasteiger partial charge in [-0.2, -0.15) is 0 Å². The fraction of sp³-hybridized carbons (Fsp3) is 0.154. The standard InChI is InChI=1S/C13H12N4O/c1-8-14-12(7-13(18)15-8)17-9(2)16-10-5-3-4-6-11(10)17/h3-7H,1-2H3,(H,14,15,18). The van der Waals surface area contributed by atoms with Crippen molar-refractivity contribution >= 4 is 11.0 Å². The molecule has 2 heterocycles. The minimum Gasteiger partial charge on any atom is -0.311 e. The summed E-state index contributed by atoms with van der Waals surface area (Å²) in [6.07, 6.45) is 0. The van der Waals surface area contributed by atoms with Crippen molar-refractivity contribution in [3.8, 4) is 5.82 Å². The number of H-pyrrole nitrogens is 1. The summed E-state index contributed by atoms with van der Waals surface area (Å²) in [7, 11) is 0. The van der Waals surface area contributed by atoms with Gasteiger partial charge < -0.3 is 4.98 Å². The smallest absolute Gasteiger partial charge is 0.253 e. The Morgan fingerprint density at radius 1 is 1.17 bits per heavy atom. The molecule has 0 aliphatic rings. The van der Waals surface area contributed by atoms with E-state index in [1.807, 2.05) is 35.8 Å². The van der Waals surface area contributed by atoms with Crippen molar-refractivity contribution in [3.05, 3.63) is 52.3 Å². The van der Waals surface area contributed by atoms with Gasteiger partial charge in [-0.1, -0.05) is 12.1 Å². The number of rotatable bonds is 1. The summed E-state index contributed by atoms with van der Waals surface area (Å²) in [6, 6.07) is 9.27. The molecule has 18 heavy (non-hydrogen) atoms. The van der Waals surface area contributed by atoms with E-state index in [9.17, 15) is 4.79 Å². The van der Waals surface area contributed by atoms with E-state index < -0.39 is 0 Å². The van der Waals surface area contributed by atoms with E-state index in [2.05, 4.69) is 15.0 Å². The number of fused-ring (bicyclic) bond motifs is 1. The number of aromatic amines is 1. The summed E-state index contributed by atoms with van der Waals surface area (Å²) >= 11 is 0. The van der Waals surface area contributed by atoms with Crippen LogP contribution in [0.15, 0.2) is 35.1 Å². The van der Waals surface area contributed by atoms with E-state index in [1.54, 1.807) is 6.92 Å². The summed E-state index contributed by atoms with van der Waals surface area (Å²) in [5.41, 5.74) is 1.69. The fourth-order valence-electron chi connectivity index (χ4n) is 2.11. The van der Waals surface area contributed by atoms with Crippen LogP contribution in [0.4, 0.5) is 0 Å². The molecule has 3 aromatic rings. The molecule has 90 valence electrons. The average Bonchev–Trinajstić information content (AvgIpc) is 2.63. The maximum atomic E-state index is 11.5. The topological polar surface area (TPSA) is 63.6 Å². The van der Waals surface area contributed by atoms with Crippen molar-refractivity contribution < 1.29 is 0 Å². The van der Waals surface area contributed by atoms with Gasteiger partial charge in [-0.05, 0) is 26.0 Å². The van der Waals surface area contributed by atoms with Crippen LogP contribution in [-0.2, 0) is 0 Å². The van der Waals surface area contributed by atoms with Crippen molar-refractivity contribution in [2.75, 3.05) is 0 Å². The molecule has 0 aliphatic heterocycles. The van der Waals surface area contributed by atoms with Gasteiger partial charge in [0.25, 0.3) is 5.56 Å². The number of para-hydroxylation sites is 2. The molecular formula is C13H12N4O. The molecule has 2 aromatic heterocycles. The third-order valence-electron chi connectivity index (χ3n) is 2.80. The molecule has 0 saturated heterocycles. The molecule has 0 radical (unpaired) electrons. The summed E-state index contributed by atoms with van der Waals surface area (Å²) in [6.45, 7) is 3.66. The molecule has 3 rings (SSSR count). The third-order valence-corrected chi connectivity index (χ3v) is 2.80. The van der Waals surface area contributed by atoms with Crippen LogP contribution < -0.4 is 5.56 Å². The highest BCUT2D eigenvalue weighted by Gasteiger charge is 2.10. The molecule has 0 bridgehead atoms. The zero-order chi connectivity index (χ0) is 12.7.